The van der Waals surface area contributed by atoms with Crippen molar-refractivity contribution in [1.29, 1.82) is 0 Å². The fourth-order valence-corrected chi connectivity index (χ4v) is 1.98. The van der Waals surface area contributed by atoms with Gasteiger partial charge < -0.3 is 15.8 Å². The standard InChI is InChI=1S/C13H14N5O2/c1-17(2)13-15-11-9(12(19)20-13)10(14)16-18(11)8-6-4-3-5-7-8/h3-7,15H,1-2H3,(H2,14,16). The number of para-hydroxylation sites is 1. The quantitative estimate of drug-likeness (QED) is 0.795. The number of nitrogens with two attached hydrogens (primary N) is 1. The number of nitrogens with zero attached hydrogens (tertiary/aromatic N) is 3. The van der Waals surface area contributed by atoms with Gasteiger partial charge in [-0.3, -0.25) is 0 Å². The molecule has 0 amide bonds. The zero-order valence-corrected chi connectivity index (χ0v) is 11.1. The van der Waals surface area contributed by atoms with Gasteiger partial charge in [0.1, 0.15) is 5.56 Å². The van der Waals surface area contributed by atoms with Crippen molar-refractivity contribution in [2.45, 2.75) is 0 Å². The Morgan fingerprint density at radius 2 is 2.00 bits per heavy atom. The molecule has 2 aromatic rings. The first-order valence-electron chi connectivity index (χ1n) is 6.05. The molecule has 0 aliphatic carbocycles. The van der Waals surface area contributed by atoms with Crippen LogP contribution >= 0.6 is 0 Å². The van der Waals surface area contributed by atoms with Gasteiger partial charge in [0.2, 0.25) is 0 Å². The third-order valence-electron chi connectivity index (χ3n) is 2.94. The van der Waals surface area contributed by atoms with E-state index in [2.05, 4.69) is 10.4 Å². The van der Waals surface area contributed by atoms with E-state index in [1.54, 1.807) is 23.7 Å². The smallest absolute Gasteiger partial charge is 0.349 e. The highest BCUT2D eigenvalue weighted by molar-refractivity contribution is 6.02. The number of aromatic nitrogens is 2. The summed E-state index contributed by atoms with van der Waals surface area (Å²) in [6, 6.07) is 9.43. The van der Waals surface area contributed by atoms with Crippen molar-refractivity contribution in [2.75, 3.05) is 25.1 Å². The van der Waals surface area contributed by atoms with Gasteiger partial charge in [0.15, 0.2) is 11.6 Å². The molecule has 0 atom stereocenters. The number of nitrogens with one attached hydrogen (secondary N) is 1. The summed E-state index contributed by atoms with van der Waals surface area (Å²) in [4.78, 5) is 13.7. The fourth-order valence-electron chi connectivity index (χ4n) is 1.98. The summed E-state index contributed by atoms with van der Waals surface area (Å²) in [6.45, 7) is 0. The van der Waals surface area contributed by atoms with E-state index in [1.165, 1.54) is 0 Å². The van der Waals surface area contributed by atoms with Crippen LogP contribution in [0, 0.1) is 6.35 Å². The molecule has 1 aromatic heterocycles. The topological polar surface area (TPSA) is 85.4 Å². The van der Waals surface area contributed by atoms with Crippen LogP contribution in [0.4, 0.5) is 11.6 Å². The highest BCUT2D eigenvalue weighted by atomic mass is 16.6. The fraction of sp³-hybridized carbons (Fsp3) is 0.154. The van der Waals surface area contributed by atoms with Crippen LogP contribution in [0.5, 0.6) is 0 Å². The zero-order chi connectivity index (χ0) is 14.3. The van der Waals surface area contributed by atoms with Crippen LogP contribution < -0.4 is 11.1 Å². The zero-order valence-electron chi connectivity index (χ0n) is 11.1. The lowest BCUT2D eigenvalue weighted by atomic mass is 10.2. The molecule has 0 bridgehead atoms. The third-order valence-corrected chi connectivity index (χ3v) is 2.94. The summed E-state index contributed by atoms with van der Waals surface area (Å²) in [5, 5.41) is 7.24. The van der Waals surface area contributed by atoms with E-state index in [4.69, 9.17) is 10.5 Å². The number of cyclic esters (lactones) is 1. The molecule has 3 N–H and O–H groups in total. The summed E-state index contributed by atoms with van der Waals surface area (Å²) >= 11 is 0. The van der Waals surface area contributed by atoms with Gasteiger partial charge in [-0.25, -0.2) is 14.4 Å². The summed E-state index contributed by atoms with van der Waals surface area (Å²) in [5.41, 5.74) is 6.87. The van der Waals surface area contributed by atoms with E-state index in [9.17, 15) is 4.79 Å². The van der Waals surface area contributed by atoms with Crippen LogP contribution in [-0.4, -0.2) is 34.7 Å². The molecule has 7 heteroatoms. The average molecular weight is 272 g/mol. The van der Waals surface area contributed by atoms with Gasteiger partial charge in [-0.2, -0.15) is 0 Å². The Morgan fingerprint density at radius 1 is 1.30 bits per heavy atom. The lowest BCUT2D eigenvalue weighted by Crippen LogP contribution is -2.36. The molecule has 2 heterocycles. The van der Waals surface area contributed by atoms with Gasteiger partial charge in [0.05, 0.1) is 5.69 Å². The number of carbonyl (C=O) groups excluding carboxylic acids is 1. The Morgan fingerprint density at radius 3 is 2.65 bits per heavy atom. The van der Waals surface area contributed by atoms with Crippen LogP contribution in [0.3, 0.4) is 0 Å². The van der Waals surface area contributed by atoms with E-state index in [1.807, 2.05) is 30.3 Å². The Hall–Kier alpha value is -2.54. The monoisotopic (exact) mass is 272 g/mol. The van der Waals surface area contributed by atoms with Crippen LogP contribution in [0.15, 0.2) is 30.3 Å². The minimum atomic E-state index is -0.512. The Bertz CT molecular complexity index is 650. The maximum atomic E-state index is 12.0. The SMILES string of the molecule is CN(C)[C]1Nc2c(c(N)nn2-c2ccccc2)C(=O)O1. The number of hydrogen-bond donors (Lipinski definition) is 2. The molecule has 103 valence electrons. The molecule has 20 heavy (non-hydrogen) atoms. The largest absolute Gasteiger partial charge is 0.413 e. The highest BCUT2D eigenvalue weighted by Gasteiger charge is 2.35. The van der Waals surface area contributed by atoms with Crippen molar-refractivity contribution >= 4 is 17.6 Å². The summed E-state index contributed by atoms with van der Waals surface area (Å²) in [5.74, 6) is 0.134. The van der Waals surface area contributed by atoms with E-state index in [-0.39, 0.29) is 11.4 Å². The maximum absolute atomic E-state index is 12.0. The third kappa shape index (κ3) is 1.88. The molecular weight excluding hydrogens is 258 g/mol. The van der Waals surface area contributed by atoms with Crippen LogP contribution in [0.1, 0.15) is 10.4 Å². The second kappa shape index (κ2) is 4.53. The normalized spacial score (nSPS) is 14.8. The average Bonchev–Trinajstić information content (AvgIpc) is 2.77. The molecule has 0 unspecified atom stereocenters. The summed E-state index contributed by atoms with van der Waals surface area (Å²) in [6.07, 6.45) is 0.333. The number of hydrogen-bond acceptors (Lipinski definition) is 6. The van der Waals surface area contributed by atoms with Crippen LogP contribution in [-0.2, 0) is 4.74 Å². The number of rotatable bonds is 2. The lowest BCUT2D eigenvalue weighted by molar-refractivity contribution is 0.0360. The molecule has 3 rings (SSSR count). The van der Waals surface area contributed by atoms with Crippen LogP contribution in [0.25, 0.3) is 5.69 Å². The van der Waals surface area contributed by atoms with Crippen molar-refractivity contribution in [2.24, 2.45) is 0 Å². The second-order valence-corrected chi connectivity index (χ2v) is 4.57. The summed E-state index contributed by atoms with van der Waals surface area (Å²) < 4.78 is 6.76. The molecular formula is C13H14N5O2. The van der Waals surface area contributed by atoms with Gasteiger partial charge in [-0.15, -0.1) is 5.10 Å². The van der Waals surface area contributed by atoms with Gasteiger partial charge in [0, 0.05) is 0 Å². The number of anilines is 2. The molecule has 1 aromatic carbocycles. The minimum Gasteiger partial charge on any atom is -0.413 e. The summed E-state index contributed by atoms with van der Waals surface area (Å²) in [7, 11) is 3.54. The molecule has 1 aliphatic rings. The van der Waals surface area contributed by atoms with Crippen LogP contribution in [0.2, 0.25) is 0 Å². The van der Waals surface area contributed by atoms with Crippen molar-refractivity contribution in [3.63, 3.8) is 0 Å². The molecule has 0 saturated heterocycles. The van der Waals surface area contributed by atoms with Crippen molar-refractivity contribution < 1.29 is 9.53 Å². The second-order valence-electron chi connectivity index (χ2n) is 4.57. The molecule has 0 fully saturated rings. The number of benzene rings is 1. The Kier molecular flexibility index (Phi) is 2.83. The molecule has 0 spiro atoms. The molecule has 0 saturated carbocycles. The Balaban J connectivity index is 2.12. The van der Waals surface area contributed by atoms with Crippen molar-refractivity contribution in [1.82, 2.24) is 14.7 Å². The van der Waals surface area contributed by atoms with Gasteiger partial charge >= 0.3 is 12.3 Å². The van der Waals surface area contributed by atoms with Gasteiger partial charge in [-0.1, -0.05) is 18.2 Å². The number of fused-ring (bicyclic) bond motifs is 1. The van der Waals surface area contributed by atoms with E-state index in [0.717, 1.165) is 5.69 Å². The number of ether oxygens (including phenoxy) is 1. The number of nitrogen functional groups attached to an aromatic ring is 1. The predicted molar refractivity (Wildman–Crippen MR) is 73.9 cm³/mol. The maximum Gasteiger partial charge on any atom is 0.349 e. The van der Waals surface area contributed by atoms with Gasteiger partial charge in [-0.05, 0) is 26.2 Å². The molecule has 1 aliphatic heterocycles. The van der Waals surface area contributed by atoms with Gasteiger partial charge in [0.25, 0.3) is 0 Å². The molecule has 1 radical (unpaired) electrons. The lowest BCUT2D eigenvalue weighted by Gasteiger charge is -2.27. The Labute approximate surface area is 115 Å². The van der Waals surface area contributed by atoms with E-state index >= 15 is 0 Å². The van der Waals surface area contributed by atoms with Crippen molar-refractivity contribution in [3.05, 3.63) is 42.2 Å². The number of esters is 1. The van der Waals surface area contributed by atoms with E-state index < -0.39 is 5.97 Å². The first-order chi connectivity index (χ1) is 9.58. The first kappa shape index (κ1) is 12.5. The minimum absolute atomic E-state index is 0.138. The van der Waals surface area contributed by atoms with Crippen molar-refractivity contribution in [3.8, 4) is 5.69 Å². The van der Waals surface area contributed by atoms with E-state index in [0.29, 0.717) is 12.2 Å². The first-order valence-corrected chi connectivity index (χ1v) is 6.05. The number of carbonyl (C=O) groups is 1. The highest BCUT2D eigenvalue weighted by Crippen LogP contribution is 2.32. The predicted octanol–water partition coefficient (Wildman–Crippen LogP) is 1.05. The molecule has 7 nitrogen and oxygen atoms in total.